The van der Waals surface area contributed by atoms with Crippen molar-refractivity contribution in [3.63, 3.8) is 0 Å². The van der Waals surface area contributed by atoms with E-state index in [9.17, 15) is 4.39 Å². The summed E-state index contributed by atoms with van der Waals surface area (Å²) in [6, 6.07) is 5.34. The number of rotatable bonds is 2. The number of halogens is 1. The number of hydrogen-bond donors (Lipinski definition) is 1. The van der Waals surface area contributed by atoms with Crippen LogP contribution in [0.4, 0.5) is 4.39 Å². The summed E-state index contributed by atoms with van der Waals surface area (Å²) in [4.78, 5) is 4.24. The Morgan fingerprint density at radius 1 is 1.42 bits per heavy atom. The number of hydrogen-bond acceptors (Lipinski definition) is 2. The van der Waals surface area contributed by atoms with Crippen LogP contribution in [0.1, 0.15) is 30.0 Å². The van der Waals surface area contributed by atoms with Gasteiger partial charge in [-0.3, -0.25) is 0 Å². The molecule has 1 aromatic heterocycles. The Bertz CT molecular complexity index is 571. The number of nitrogens with zero attached hydrogens (tertiary/aromatic N) is 2. The molecule has 3 nitrogen and oxygen atoms in total. The highest BCUT2D eigenvalue weighted by atomic mass is 19.1. The summed E-state index contributed by atoms with van der Waals surface area (Å²) in [6.07, 6.45) is 6.01. The van der Waals surface area contributed by atoms with E-state index in [1.54, 1.807) is 19.3 Å². The van der Waals surface area contributed by atoms with Crippen LogP contribution in [0.15, 0.2) is 30.7 Å². The first-order valence-electron chi connectivity index (χ1n) is 6.75. The van der Waals surface area contributed by atoms with Crippen LogP contribution in [0, 0.1) is 12.7 Å². The molecule has 0 saturated carbocycles. The Morgan fingerprint density at radius 2 is 2.32 bits per heavy atom. The fraction of sp³-hybridized carbons (Fsp3) is 0.400. The molecule has 1 fully saturated rings. The van der Waals surface area contributed by atoms with Gasteiger partial charge in [-0.15, -0.1) is 0 Å². The molecule has 0 spiro atoms. The largest absolute Gasteiger partial charge is 0.316 e. The van der Waals surface area contributed by atoms with Gasteiger partial charge in [-0.1, -0.05) is 6.07 Å². The van der Waals surface area contributed by atoms with Crippen molar-refractivity contribution in [2.75, 3.05) is 13.1 Å². The molecule has 1 aliphatic heterocycles. The topological polar surface area (TPSA) is 29.9 Å². The highest BCUT2D eigenvalue weighted by Gasteiger charge is 2.19. The second kappa shape index (κ2) is 5.13. The second-order valence-electron chi connectivity index (χ2n) is 5.17. The van der Waals surface area contributed by atoms with Gasteiger partial charge in [-0.25, -0.2) is 9.37 Å². The highest BCUT2D eigenvalue weighted by molar-refractivity contribution is 5.37. The van der Waals surface area contributed by atoms with E-state index >= 15 is 0 Å². The molecule has 1 atom stereocenters. The molecule has 1 saturated heterocycles. The first-order valence-corrected chi connectivity index (χ1v) is 6.75. The van der Waals surface area contributed by atoms with Gasteiger partial charge in [0.05, 0.1) is 6.33 Å². The van der Waals surface area contributed by atoms with Gasteiger partial charge >= 0.3 is 0 Å². The van der Waals surface area contributed by atoms with Crippen LogP contribution in [0.3, 0.4) is 0 Å². The van der Waals surface area contributed by atoms with Crippen molar-refractivity contribution in [3.05, 3.63) is 47.8 Å². The van der Waals surface area contributed by atoms with Crippen molar-refractivity contribution in [1.82, 2.24) is 14.9 Å². The summed E-state index contributed by atoms with van der Waals surface area (Å²) in [7, 11) is 0. The molecule has 100 valence electrons. The number of aromatic nitrogens is 2. The minimum absolute atomic E-state index is 0.168. The zero-order chi connectivity index (χ0) is 13.2. The number of aryl methyl sites for hydroxylation is 1. The Kier molecular flexibility index (Phi) is 3.34. The molecule has 4 heteroatoms. The van der Waals surface area contributed by atoms with E-state index in [0.717, 1.165) is 30.9 Å². The van der Waals surface area contributed by atoms with Crippen LogP contribution >= 0.6 is 0 Å². The van der Waals surface area contributed by atoms with E-state index in [2.05, 4.69) is 10.3 Å². The molecule has 0 bridgehead atoms. The van der Waals surface area contributed by atoms with Gasteiger partial charge in [0, 0.05) is 30.0 Å². The van der Waals surface area contributed by atoms with Crippen molar-refractivity contribution < 1.29 is 4.39 Å². The molecule has 1 aromatic carbocycles. The van der Waals surface area contributed by atoms with Gasteiger partial charge in [0.15, 0.2) is 0 Å². The molecule has 1 unspecified atom stereocenters. The SMILES string of the molecule is Cc1ccc(-n2cncc2C2CCCNC2)cc1F. The van der Waals surface area contributed by atoms with E-state index in [0.29, 0.717) is 11.5 Å². The molecular formula is C15H18FN3. The lowest BCUT2D eigenvalue weighted by Crippen LogP contribution is -2.29. The normalized spacial score (nSPS) is 19.6. The summed E-state index contributed by atoms with van der Waals surface area (Å²) in [6.45, 7) is 3.84. The lowest BCUT2D eigenvalue weighted by Gasteiger charge is -2.23. The maximum absolute atomic E-state index is 13.7. The Morgan fingerprint density at radius 3 is 3.05 bits per heavy atom. The highest BCUT2D eigenvalue weighted by Crippen LogP contribution is 2.25. The first kappa shape index (κ1) is 12.4. The number of piperidine rings is 1. The minimum atomic E-state index is -0.168. The second-order valence-corrected chi connectivity index (χ2v) is 5.17. The van der Waals surface area contributed by atoms with Crippen molar-refractivity contribution in [3.8, 4) is 5.69 Å². The smallest absolute Gasteiger partial charge is 0.128 e. The van der Waals surface area contributed by atoms with Crippen LogP contribution in [0.25, 0.3) is 5.69 Å². The Labute approximate surface area is 112 Å². The number of nitrogens with one attached hydrogen (secondary N) is 1. The standard InChI is InChI=1S/C15H18FN3/c1-11-4-5-13(7-14(11)16)19-10-18-9-15(19)12-3-2-6-17-8-12/h4-5,7,9-10,12,17H,2-3,6,8H2,1H3. The molecule has 0 aliphatic carbocycles. The first-order chi connectivity index (χ1) is 9.25. The quantitative estimate of drug-likeness (QED) is 0.898. The van der Waals surface area contributed by atoms with Gasteiger partial charge in [-0.2, -0.15) is 0 Å². The van der Waals surface area contributed by atoms with Crippen LogP contribution in [-0.2, 0) is 0 Å². The Balaban J connectivity index is 1.96. The van der Waals surface area contributed by atoms with Gasteiger partial charge < -0.3 is 9.88 Å². The van der Waals surface area contributed by atoms with E-state index in [4.69, 9.17) is 0 Å². The zero-order valence-electron chi connectivity index (χ0n) is 11.1. The molecule has 0 radical (unpaired) electrons. The predicted molar refractivity (Wildman–Crippen MR) is 73.1 cm³/mol. The fourth-order valence-corrected chi connectivity index (χ4v) is 2.66. The predicted octanol–water partition coefficient (Wildman–Crippen LogP) is 2.79. The maximum Gasteiger partial charge on any atom is 0.128 e. The summed E-state index contributed by atoms with van der Waals surface area (Å²) in [5, 5.41) is 3.41. The van der Waals surface area contributed by atoms with Gasteiger partial charge in [0.2, 0.25) is 0 Å². The molecule has 2 heterocycles. The van der Waals surface area contributed by atoms with Crippen molar-refractivity contribution in [2.45, 2.75) is 25.7 Å². The zero-order valence-corrected chi connectivity index (χ0v) is 11.1. The Hall–Kier alpha value is -1.68. The third-order valence-electron chi connectivity index (χ3n) is 3.82. The summed E-state index contributed by atoms with van der Waals surface area (Å²) >= 11 is 0. The maximum atomic E-state index is 13.7. The van der Waals surface area contributed by atoms with Crippen LogP contribution in [-0.4, -0.2) is 22.6 Å². The van der Waals surface area contributed by atoms with Gasteiger partial charge in [0.1, 0.15) is 5.82 Å². The lowest BCUT2D eigenvalue weighted by molar-refractivity contribution is 0.451. The monoisotopic (exact) mass is 259 g/mol. The van der Waals surface area contributed by atoms with Crippen LogP contribution in [0.2, 0.25) is 0 Å². The third kappa shape index (κ3) is 2.40. The molecule has 1 aliphatic rings. The summed E-state index contributed by atoms with van der Waals surface area (Å²) in [5.74, 6) is 0.291. The van der Waals surface area contributed by atoms with Crippen LogP contribution in [0.5, 0.6) is 0 Å². The molecule has 3 rings (SSSR count). The number of benzene rings is 1. The van der Waals surface area contributed by atoms with E-state index in [-0.39, 0.29) is 5.82 Å². The van der Waals surface area contributed by atoms with Crippen molar-refractivity contribution >= 4 is 0 Å². The summed E-state index contributed by atoms with van der Waals surface area (Å²) in [5.41, 5.74) is 2.68. The van der Waals surface area contributed by atoms with Crippen LogP contribution < -0.4 is 5.32 Å². The van der Waals surface area contributed by atoms with E-state index < -0.39 is 0 Å². The van der Waals surface area contributed by atoms with Crippen molar-refractivity contribution in [2.24, 2.45) is 0 Å². The minimum Gasteiger partial charge on any atom is -0.316 e. The van der Waals surface area contributed by atoms with Gasteiger partial charge in [-0.05, 0) is 44.0 Å². The molecule has 19 heavy (non-hydrogen) atoms. The summed E-state index contributed by atoms with van der Waals surface area (Å²) < 4.78 is 15.7. The molecular weight excluding hydrogens is 241 g/mol. The average molecular weight is 259 g/mol. The van der Waals surface area contributed by atoms with E-state index in [1.165, 1.54) is 6.42 Å². The molecule has 0 amide bonds. The fourth-order valence-electron chi connectivity index (χ4n) is 2.66. The number of imidazole rings is 1. The van der Waals surface area contributed by atoms with Gasteiger partial charge in [0.25, 0.3) is 0 Å². The molecule has 2 aromatic rings. The lowest BCUT2D eigenvalue weighted by atomic mass is 9.96. The van der Waals surface area contributed by atoms with Crippen molar-refractivity contribution in [1.29, 1.82) is 0 Å². The average Bonchev–Trinajstić information content (AvgIpc) is 2.92. The third-order valence-corrected chi connectivity index (χ3v) is 3.82. The van der Waals surface area contributed by atoms with E-state index in [1.807, 2.05) is 22.9 Å². The molecule has 1 N–H and O–H groups in total.